The lowest BCUT2D eigenvalue weighted by molar-refractivity contribution is -0.120. The van der Waals surface area contributed by atoms with Gasteiger partial charge in [0.15, 0.2) is 0 Å². The Labute approximate surface area is 179 Å². The first-order chi connectivity index (χ1) is 15.0. The summed E-state index contributed by atoms with van der Waals surface area (Å²) in [7, 11) is 0. The van der Waals surface area contributed by atoms with E-state index in [4.69, 9.17) is 8.83 Å². The van der Waals surface area contributed by atoms with Crippen LogP contribution in [0.5, 0.6) is 0 Å². The highest BCUT2D eigenvalue weighted by Gasteiger charge is 2.23. The van der Waals surface area contributed by atoms with E-state index in [2.05, 4.69) is 16.4 Å². The van der Waals surface area contributed by atoms with Gasteiger partial charge in [-0.1, -0.05) is 0 Å². The molecule has 1 N–H and O–H groups in total. The number of fused-ring (bicyclic) bond motifs is 4. The number of hydrogen-bond donors (Lipinski definition) is 1. The topological polar surface area (TPSA) is 85.3 Å². The molecule has 3 heterocycles. The highest BCUT2D eigenvalue weighted by molar-refractivity contribution is 6.00. The van der Waals surface area contributed by atoms with Gasteiger partial charge in [-0.3, -0.25) is 9.78 Å². The van der Waals surface area contributed by atoms with Gasteiger partial charge in [0.05, 0.1) is 12.0 Å². The van der Waals surface area contributed by atoms with Crippen LogP contribution in [-0.4, -0.2) is 10.9 Å². The van der Waals surface area contributed by atoms with E-state index >= 15 is 0 Å². The van der Waals surface area contributed by atoms with Crippen molar-refractivity contribution in [2.45, 2.75) is 52.5 Å². The molecule has 0 saturated carbocycles. The van der Waals surface area contributed by atoms with E-state index in [1.807, 2.05) is 26.0 Å². The number of furan rings is 1. The van der Waals surface area contributed by atoms with Crippen LogP contribution in [0.15, 0.2) is 44.2 Å². The Morgan fingerprint density at radius 2 is 1.77 bits per heavy atom. The van der Waals surface area contributed by atoms with E-state index in [1.165, 1.54) is 5.56 Å². The first kappa shape index (κ1) is 19.5. The van der Waals surface area contributed by atoms with Crippen LogP contribution in [0.2, 0.25) is 0 Å². The number of amides is 1. The Bertz CT molecular complexity index is 1370. The second-order valence-corrected chi connectivity index (χ2v) is 8.27. The van der Waals surface area contributed by atoms with Crippen molar-refractivity contribution in [3.05, 3.63) is 74.6 Å². The highest BCUT2D eigenvalue weighted by atomic mass is 16.4. The fraction of sp³-hybridized carbons (Fsp3) is 0.320. The van der Waals surface area contributed by atoms with Crippen LogP contribution in [0.4, 0.5) is 0 Å². The van der Waals surface area contributed by atoms with E-state index in [-0.39, 0.29) is 12.3 Å². The summed E-state index contributed by atoms with van der Waals surface area (Å²) in [4.78, 5) is 29.3. The first-order valence-electron chi connectivity index (χ1n) is 10.7. The minimum Gasteiger partial charge on any atom is -0.460 e. The van der Waals surface area contributed by atoms with Crippen LogP contribution < -0.4 is 10.9 Å². The molecule has 0 saturated heterocycles. The average molecular weight is 416 g/mol. The van der Waals surface area contributed by atoms with E-state index in [0.29, 0.717) is 17.7 Å². The van der Waals surface area contributed by atoms with Gasteiger partial charge in [0.1, 0.15) is 16.9 Å². The largest absolute Gasteiger partial charge is 0.460 e. The van der Waals surface area contributed by atoms with Gasteiger partial charge in [0, 0.05) is 47.3 Å². The van der Waals surface area contributed by atoms with Gasteiger partial charge in [-0.25, -0.2) is 4.79 Å². The van der Waals surface area contributed by atoms with Crippen molar-refractivity contribution in [1.29, 1.82) is 0 Å². The van der Waals surface area contributed by atoms with E-state index in [9.17, 15) is 9.59 Å². The molecule has 6 heteroatoms. The van der Waals surface area contributed by atoms with Crippen LogP contribution in [-0.2, 0) is 30.6 Å². The Morgan fingerprint density at radius 1 is 1.03 bits per heavy atom. The normalized spacial score (nSPS) is 13.5. The van der Waals surface area contributed by atoms with Gasteiger partial charge in [-0.15, -0.1) is 0 Å². The minimum atomic E-state index is -0.470. The second-order valence-electron chi connectivity index (χ2n) is 8.27. The van der Waals surface area contributed by atoms with E-state index < -0.39 is 5.63 Å². The number of hydrogen-bond acceptors (Lipinski definition) is 5. The van der Waals surface area contributed by atoms with Crippen molar-refractivity contribution >= 4 is 27.8 Å². The van der Waals surface area contributed by atoms with Crippen molar-refractivity contribution in [2.75, 3.05) is 0 Å². The summed E-state index contributed by atoms with van der Waals surface area (Å²) in [5.74, 6) is 0.834. The molecular weight excluding hydrogens is 392 g/mol. The average Bonchev–Trinajstić information content (AvgIpc) is 3.16. The molecule has 1 aliphatic carbocycles. The van der Waals surface area contributed by atoms with Crippen molar-refractivity contribution in [3.63, 3.8) is 0 Å². The third-order valence-corrected chi connectivity index (χ3v) is 6.30. The van der Waals surface area contributed by atoms with Gasteiger partial charge in [-0.05, 0) is 62.4 Å². The van der Waals surface area contributed by atoms with Crippen molar-refractivity contribution in [2.24, 2.45) is 0 Å². The maximum atomic E-state index is 12.8. The molecule has 0 radical (unpaired) electrons. The van der Waals surface area contributed by atoms with Crippen molar-refractivity contribution in [1.82, 2.24) is 10.3 Å². The van der Waals surface area contributed by atoms with E-state index in [0.717, 1.165) is 64.5 Å². The molecule has 4 aromatic rings. The first-order valence-corrected chi connectivity index (χ1v) is 10.7. The van der Waals surface area contributed by atoms with Gasteiger partial charge >= 0.3 is 5.63 Å². The zero-order valence-corrected chi connectivity index (χ0v) is 17.7. The number of aromatic nitrogens is 1. The zero-order chi connectivity index (χ0) is 21.5. The van der Waals surface area contributed by atoms with Crippen molar-refractivity contribution < 1.29 is 13.6 Å². The van der Waals surface area contributed by atoms with Gasteiger partial charge in [0.25, 0.3) is 0 Å². The lowest BCUT2D eigenvalue weighted by Gasteiger charge is -2.11. The molecule has 31 heavy (non-hydrogen) atoms. The molecule has 1 amide bonds. The van der Waals surface area contributed by atoms with Gasteiger partial charge in [-0.2, -0.15) is 0 Å². The number of carbonyl (C=O) groups excluding carboxylic acids is 1. The summed E-state index contributed by atoms with van der Waals surface area (Å²) in [6.07, 6.45) is 7.60. The molecule has 0 unspecified atom stereocenters. The Balaban J connectivity index is 1.52. The fourth-order valence-corrected chi connectivity index (χ4v) is 4.55. The lowest BCUT2D eigenvalue weighted by Crippen LogP contribution is -2.27. The summed E-state index contributed by atoms with van der Waals surface area (Å²) in [5.41, 5.74) is 5.14. The lowest BCUT2D eigenvalue weighted by atomic mass is 9.93. The molecule has 158 valence electrons. The summed E-state index contributed by atoms with van der Waals surface area (Å²) in [5, 5.41) is 4.84. The molecular formula is C25H24N2O4. The molecule has 0 atom stereocenters. The van der Waals surface area contributed by atoms with Crippen LogP contribution in [0.1, 0.15) is 46.4 Å². The third kappa shape index (κ3) is 3.42. The predicted molar refractivity (Wildman–Crippen MR) is 118 cm³/mol. The maximum Gasteiger partial charge on any atom is 0.340 e. The van der Waals surface area contributed by atoms with Crippen molar-refractivity contribution in [3.8, 4) is 0 Å². The molecule has 1 aliphatic rings. The molecule has 1 aromatic carbocycles. The number of benzene rings is 1. The third-order valence-electron chi connectivity index (χ3n) is 6.30. The summed E-state index contributed by atoms with van der Waals surface area (Å²) in [6.45, 7) is 4.21. The number of pyridine rings is 1. The molecule has 0 aliphatic heterocycles. The molecule has 0 bridgehead atoms. The fourth-order valence-electron chi connectivity index (χ4n) is 4.55. The molecule has 0 spiro atoms. The smallest absolute Gasteiger partial charge is 0.340 e. The number of nitrogens with zero attached hydrogens (tertiary/aromatic N) is 1. The van der Waals surface area contributed by atoms with Gasteiger partial charge < -0.3 is 14.2 Å². The number of rotatable bonds is 4. The Kier molecular flexibility index (Phi) is 4.85. The Hall–Kier alpha value is -3.41. The molecule has 6 nitrogen and oxygen atoms in total. The van der Waals surface area contributed by atoms with Crippen LogP contribution in [0.3, 0.4) is 0 Å². The number of carbonyl (C=O) groups is 1. The SMILES string of the molecule is Cc1c(CC(=O)NCc2ccncc2)c(=O)oc2c(C)c3oc4c(c3cc12)CCCC4. The number of nitrogens with one attached hydrogen (secondary N) is 1. The van der Waals surface area contributed by atoms with Crippen LogP contribution in [0, 0.1) is 13.8 Å². The molecule has 3 aromatic heterocycles. The highest BCUT2D eigenvalue weighted by Crippen LogP contribution is 2.37. The van der Waals surface area contributed by atoms with Crippen LogP contribution >= 0.6 is 0 Å². The monoisotopic (exact) mass is 416 g/mol. The second kappa shape index (κ2) is 7.69. The predicted octanol–water partition coefficient (Wildman–Crippen LogP) is 4.29. The molecule has 0 fully saturated rings. The summed E-state index contributed by atoms with van der Waals surface area (Å²) in [6, 6.07) is 5.76. The number of aryl methyl sites for hydroxylation is 4. The van der Waals surface area contributed by atoms with E-state index in [1.54, 1.807) is 12.4 Å². The standard InChI is InChI=1S/C25H24N2O4/c1-14-18-11-20-17-5-3-4-6-21(17)30-24(20)15(2)23(18)31-25(29)19(14)12-22(28)27-13-16-7-9-26-10-8-16/h7-11H,3-6,12-13H2,1-2H3,(H,27,28). The summed E-state index contributed by atoms with van der Waals surface area (Å²) < 4.78 is 11.9. The molecule has 5 rings (SSSR count). The minimum absolute atomic E-state index is 0.0181. The Morgan fingerprint density at radius 3 is 2.58 bits per heavy atom. The van der Waals surface area contributed by atoms with Crippen LogP contribution in [0.25, 0.3) is 21.9 Å². The summed E-state index contributed by atoms with van der Waals surface area (Å²) >= 11 is 0. The maximum absolute atomic E-state index is 12.8. The van der Waals surface area contributed by atoms with Gasteiger partial charge in [0.2, 0.25) is 5.91 Å². The quantitative estimate of drug-likeness (QED) is 0.502. The zero-order valence-electron chi connectivity index (χ0n) is 17.7.